The molecule has 17 heavy (non-hydrogen) atoms. The molecule has 2 heterocycles. The van der Waals surface area contributed by atoms with Crippen LogP contribution in [-0.2, 0) is 13.0 Å². The number of hydrogen-bond donors (Lipinski definition) is 1. The van der Waals surface area contributed by atoms with Gasteiger partial charge in [-0.3, -0.25) is 0 Å². The molecule has 2 aromatic heterocycles. The van der Waals surface area contributed by atoms with Gasteiger partial charge in [0.05, 0.1) is 5.69 Å². The summed E-state index contributed by atoms with van der Waals surface area (Å²) in [6.45, 7) is 2.71. The fourth-order valence-electron chi connectivity index (χ4n) is 2.43. The van der Waals surface area contributed by atoms with Gasteiger partial charge < -0.3 is 9.84 Å². The van der Waals surface area contributed by atoms with Crippen molar-refractivity contribution in [2.75, 3.05) is 0 Å². The number of aromatic nitrogens is 1. The summed E-state index contributed by atoms with van der Waals surface area (Å²) < 4.78 is 5.07. The van der Waals surface area contributed by atoms with Crippen LogP contribution in [0.25, 0.3) is 0 Å². The van der Waals surface area contributed by atoms with Gasteiger partial charge in [0, 0.05) is 23.5 Å². The lowest BCUT2D eigenvalue weighted by Crippen LogP contribution is -2.23. The van der Waals surface area contributed by atoms with Crippen molar-refractivity contribution in [1.29, 1.82) is 0 Å². The van der Waals surface area contributed by atoms with Gasteiger partial charge in [0.2, 0.25) is 0 Å². The molecular formula is C13H16N2OS. The summed E-state index contributed by atoms with van der Waals surface area (Å²) in [6, 6.07) is 4.73. The van der Waals surface area contributed by atoms with Crippen LogP contribution in [0, 0.1) is 6.92 Å². The molecule has 0 radical (unpaired) electrons. The SMILES string of the molecule is Cc1cc(CNC2CCCc3sccc32)no1. The van der Waals surface area contributed by atoms with Crippen molar-refractivity contribution in [3.05, 3.63) is 39.4 Å². The average Bonchev–Trinajstić information content (AvgIpc) is 2.94. The lowest BCUT2D eigenvalue weighted by atomic mass is 9.94. The van der Waals surface area contributed by atoms with E-state index in [0.717, 1.165) is 18.0 Å². The number of fused-ring (bicyclic) bond motifs is 1. The predicted octanol–water partition coefficient (Wildman–Crippen LogP) is 3.21. The Morgan fingerprint density at radius 2 is 2.53 bits per heavy atom. The van der Waals surface area contributed by atoms with Gasteiger partial charge in [-0.2, -0.15) is 0 Å². The van der Waals surface area contributed by atoms with E-state index in [9.17, 15) is 0 Å². The van der Waals surface area contributed by atoms with Crippen LogP contribution in [0.4, 0.5) is 0 Å². The highest BCUT2D eigenvalue weighted by Gasteiger charge is 2.20. The van der Waals surface area contributed by atoms with E-state index < -0.39 is 0 Å². The van der Waals surface area contributed by atoms with E-state index in [2.05, 4.69) is 21.9 Å². The Hall–Kier alpha value is -1.13. The van der Waals surface area contributed by atoms with Crippen molar-refractivity contribution < 1.29 is 4.52 Å². The molecule has 1 N–H and O–H groups in total. The number of nitrogens with zero attached hydrogens (tertiary/aromatic N) is 1. The molecule has 3 rings (SSSR count). The van der Waals surface area contributed by atoms with Crippen LogP contribution < -0.4 is 5.32 Å². The molecule has 0 spiro atoms. The highest BCUT2D eigenvalue weighted by Crippen LogP contribution is 2.33. The standard InChI is InChI=1S/C13H16N2OS/c1-9-7-10(15-16-9)8-14-12-3-2-4-13-11(12)5-6-17-13/h5-7,12,14H,2-4,8H2,1H3. The third-order valence-electron chi connectivity index (χ3n) is 3.26. The number of rotatable bonds is 3. The Morgan fingerprint density at radius 3 is 3.35 bits per heavy atom. The minimum atomic E-state index is 0.488. The summed E-state index contributed by atoms with van der Waals surface area (Å²) in [6.07, 6.45) is 3.75. The summed E-state index contributed by atoms with van der Waals surface area (Å²) in [5.74, 6) is 0.877. The van der Waals surface area contributed by atoms with Crippen LogP contribution in [-0.4, -0.2) is 5.16 Å². The molecule has 0 saturated carbocycles. The van der Waals surface area contributed by atoms with Gasteiger partial charge in [-0.1, -0.05) is 5.16 Å². The first-order valence-corrected chi connectivity index (χ1v) is 6.93. The molecule has 0 saturated heterocycles. The number of nitrogens with one attached hydrogen (secondary N) is 1. The van der Waals surface area contributed by atoms with E-state index in [-0.39, 0.29) is 0 Å². The smallest absolute Gasteiger partial charge is 0.133 e. The van der Waals surface area contributed by atoms with E-state index in [4.69, 9.17) is 4.52 Å². The Morgan fingerprint density at radius 1 is 1.59 bits per heavy atom. The van der Waals surface area contributed by atoms with E-state index >= 15 is 0 Å². The summed E-state index contributed by atoms with van der Waals surface area (Å²) >= 11 is 1.88. The molecule has 0 aliphatic heterocycles. The Bertz CT molecular complexity index is 503. The molecule has 0 fully saturated rings. The van der Waals surface area contributed by atoms with Gasteiger partial charge in [0.25, 0.3) is 0 Å². The number of thiophene rings is 1. The minimum Gasteiger partial charge on any atom is -0.361 e. The van der Waals surface area contributed by atoms with Crippen molar-refractivity contribution in [3.8, 4) is 0 Å². The first-order valence-electron chi connectivity index (χ1n) is 6.05. The fourth-order valence-corrected chi connectivity index (χ4v) is 3.41. The maximum absolute atomic E-state index is 5.07. The Balaban J connectivity index is 1.67. The van der Waals surface area contributed by atoms with Gasteiger partial charge >= 0.3 is 0 Å². The highest BCUT2D eigenvalue weighted by molar-refractivity contribution is 7.10. The zero-order valence-corrected chi connectivity index (χ0v) is 10.7. The Labute approximate surface area is 105 Å². The summed E-state index contributed by atoms with van der Waals surface area (Å²) in [5, 5.41) is 9.79. The van der Waals surface area contributed by atoms with Crippen molar-refractivity contribution in [2.24, 2.45) is 0 Å². The molecule has 0 aromatic carbocycles. The predicted molar refractivity (Wildman–Crippen MR) is 68.1 cm³/mol. The van der Waals surface area contributed by atoms with E-state index in [1.54, 1.807) is 4.88 Å². The first-order chi connectivity index (χ1) is 8.33. The lowest BCUT2D eigenvalue weighted by molar-refractivity contribution is 0.382. The van der Waals surface area contributed by atoms with Crippen molar-refractivity contribution in [2.45, 2.75) is 38.8 Å². The molecular weight excluding hydrogens is 232 g/mol. The topological polar surface area (TPSA) is 38.1 Å². The summed E-state index contributed by atoms with van der Waals surface area (Å²) in [4.78, 5) is 1.55. The molecule has 1 aliphatic carbocycles. The normalized spacial score (nSPS) is 19.2. The van der Waals surface area contributed by atoms with Crippen LogP contribution in [0.3, 0.4) is 0 Å². The minimum absolute atomic E-state index is 0.488. The second-order valence-corrected chi connectivity index (χ2v) is 5.55. The average molecular weight is 248 g/mol. The third kappa shape index (κ3) is 2.28. The molecule has 90 valence electrons. The van der Waals surface area contributed by atoms with E-state index in [1.807, 2.05) is 24.3 Å². The van der Waals surface area contributed by atoms with E-state index in [1.165, 1.54) is 24.8 Å². The summed E-state index contributed by atoms with van der Waals surface area (Å²) in [5.41, 5.74) is 2.48. The molecule has 3 nitrogen and oxygen atoms in total. The Kier molecular flexibility index (Phi) is 2.99. The fraction of sp³-hybridized carbons (Fsp3) is 0.462. The van der Waals surface area contributed by atoms with Crippen LogP contribution >= 0.6 is 11.3 Å². The van der Waals surface area contributed by atoms with Crippen molar-refractivity contribution in [1.82, 2.24) is 10.5 Å². The molecule has 1 atom stereocenters. The summed E-state index contributed by atoms with van der Waals surface area (Å²) in [7, 11) is 0. The third-order valence-corrected chi connectivity index (χ3v) is 4.25. The van der Waals surface area contributed by atoms with Crippen LogP contribution in [0.2, 0.25) is 0 Å². The second kappa shape index (κ2) is 4.63. The highest BCUT2D eigenvalue weighted by atomic mass is 32.1. The van der Waals surface area contributed by atoms with E-state index in [0.29, 0.717) is 6.04 Å². The lowest BCUT2D eigenvalue weighted by Gasteiger charge is -2.23. The van der Waals surface area contributed by atoms with Gasteiger partial charge in [-0.15, -0.1) is 11.3 Å². The maximum atomic E-state index is 5.07. The van der Waals surface area contributed by atoms with Gasteiger partial charge in [-0.05, 0) is 43.2 Å². The molecule has 1 aliphatic rings. The van der Waals surface area contributed by atoms with Gasteiger partial charge in [-0.25, -0.2) is 0 Å². The quantitative estimate of drug-likeness (QED) is 0.906. The second-order valence-electron chi connectivity index (χ2n) is 4.55. The van der Waals surface area contributed by atoms with Gasteiger partial charge in [0.1, 0.15) is 5.76 Å². The van der Waals surface area contributed by atoms with Crippen LogP contribution in [0.5, 0.6) is 0 Å². The zero-order chi connectivity index (χ0) is 11.7. The molecule has 1 unspecified atom stereocenters. The van der Waals surface area contributed by atoms with Crippen molar-refractivity contribution >= 4 is 11.3 Å². The molecule has 0 bridgehead atoms. The van der Waals surface area contributed by atoms with Crippen molar-refractivity contribution in [3.63, 3.8) is 0 Å². The molecule has 0 amide bonds. The largest absolute Gasteiger partial charge is 0.361 e. The number of hydrogen-bond acceptors (Lipinski definition) is 4. The van der Waals surface area contributed by atoms with Crippen LogP contribution in [0.15, 0.2) is 22.0 Å². The first kappa shape index (κ1) is 11.0. The monoisotopic (exact) mass is 248 g/mol. The van der Waals surface area contributed by atoms with Crippen LogP contribution in [0.1, 0.15) is 40.8 Å². The molecule has 2 aromatic rings. The molecule has 4 heteroatoms. The number of aryl methyl sites for hydroxylation is 2. The van der Waals surface area contributed by atoms with Gasteiger partial charge in [0.15, 0.2) is 0 Å². The zero-order valence-electron chi connectivity index (χ0n) is 9.90. The maximum Gasteiger partial charge on any atom is 0.133 e.